The summed E-state index contributed by atoms with van der Waals surface area (Å²) in [4.78, 5) is -0.738. The lowest BCUT2D eigenvalue weighted by molar-refractivity contribution is 0.110. The second kappa shape index (κ2) is 6.31. The van der Waals surface area contributed by atoms with Crippen LogP contribution in [0.4, 0.5) is 17.6 Å². The van der Waals surface area contributed by atoms with Gasteiger partial charge in [0.2, 0.25) is 16.4 Å². The molecule has 0 aliphatic carbocycles. The fraction of sp³-hybridized carbons (Fsp3) is 0.400. The number of hydrogen-bond donors (Lipinski definition) is 2. The quantitative estimate of drug-likeness (QED) is 0.777. The van der Waals surface area contributed by atoms with Crippen LogP contribution in [-0.4, -0.2) is 32.6 Å². The third-order valence-electron chi connectivity index (χ3n) is 2.15. The van der Waals surface area contributed by atoms with Crippen molar-refractivity contribution in [2.45, 2.75) is 23.8 Å². The monoisotopic (exact) mass is 301 g/mol. The maximum Gasteiger partial charge on any atom is 0.241 e. The van der Waals surface area contributed by atoms with Gasteiger partial charge in [-0.1, -0.05) is 0 Å². The summed E-state index contributed by atoms with van der Waals surface area (Å²) in [5.41, 5.74) is 0. The molecule has 0 bridgehead atoms. The number of hydrogen-bond acceptors (Lipinski definition) is 3. The topological polar surface area (TPSA) is 66.4 Å². The number of halogens is 4. The third kappa shape index (κ3) is 4.77. The molecule has 1 atom stereocenters. The highest BCUT2D eigenvalue weighted by atomic mass is 32.2. The lowest BCUT2D eigenvalue weighted by Gasteiger charge is -2.16. The molecule has 4 nitrogen and oxygen atoms in total. The highest BCUT2D eigenvalue weighted by molar-refractivity contribution is 7.89. The summed E-state index contributed by atoms with van der Waals surface area (Å²) < 4.78 is 75.1. The average Bonchev–Trinajstić information content (AvgIpc) is 2.25. The van der Waals surface area contributed by atoms with Gasteiger partial charge in [-0.25, -0.2) is 30.7 Å². The first-order valence-electron chi connectivity index (χ1n) is 5.12. The van der Waals surface area contributed by atoms with E-state index >= 15 is 0 Å². The van der Waals surface area contributed by atoms with Crippen LogP contribution in [0.3, 0.4) is 0 Å². The first-order valence-corrected chi connectivity index (χ1v) is 6.60. The van der Waals surface area contributed by atoms with Gasteiger partial charge in [0, 0.05) is 12.5 Å². The predicted octanol–water partition coefficient (Wildman–Crippen LogP) is 1.26. The maximum absolute atomic E-state index is 12.9. The van der Waals surface area contributed by atoms with E-state index < -0.39 is 52.0 Å². The summed E-state index contributed by atoms with van der Waals surface area (Å²) in [6, 6.07) is 0.128. The van der Waals surface area contributed by atoms with E-state index in [1.165, 1.54) is 0 Å². The van der Waals surface area contributed by atoms with Crippen LogP contribution >= 0.6 is 0 Å². The number of alkyl halides is 2. The highest BCUT2D eigenvalue weighted by Gasteiger charge is 2.23. The molecule has 108 valence electrons. The van der Waals surface area contributed by atoms with Crippen LogP contribution in [0.25, 0.3) is 0 Å². The molecule has 1 rings (SSSR count). The van der Waals surface area contributed by atoms with E-state index in [0.29, 0.717) is 18.2 Å². The van der Waals surface area contributed by atoms with Gasteiger partial charge in [0.1, 0.15) is 11.6 Å². The van der Waals surface area contributed by atoms with Crippen molar-refractivity contribution in [1.82, 2.24) is 4.72 Å². The Kier molecular flexibility index (Phi) is 5.27. The zero-order chi connectivity index (χ0) is 14.6. The van der Waals surface area contributed by atoms with Gasteiger partial charge in [-0.05, 0) is 12.1 Å². The summed E-state index contributed by atoms with van der Waals surface area (Å²) in [5, 5.41) is 8.79. The molecule has 9 heteroatoms. The molecule has 0 saturated carbocycles. The van der Waals surface area contributed by atoms with Gasteiger partial charge in [-0.2, -0.15) is 0 Å². The number of benzene rings is 1. The smallest absolute Gasteiger partial charge is 0.241 e. The van der Waals surface area contributed by atoms with Crippen LogP contribution in [0.1, 0.15) is 6.42 Å². The van der Waals surface area contributed by atoms with Gasteiger partial charge in [0.15, 0.2) is 0 Å². The molecule has 0 aliphatic rings. The summed E-state index contributed by atoms with van der Waals surface area (Å²) >= 11 is 0. The normalized spacial score (nSPS) is 13.8. The van der Waals surface area contributed by atoms with E-state index in [9.17, 15) is 26.0 Å². The van der Waals surface area contributed by atoms with Crippen molar-refractivity contribution in [3.8, 4) is 0 Å². The van der Waals surface area contributed by atoms with E-state index in [2.05, 4.69) is 0 Å². The largest absolute Gasteiger partial charge is 0.395 e. The van der Waals surface area contributed by atoms with Gasteiger partial charge in [0.05, 0.1) is 17.5 Å². The maximum atomic E-state index is 12.9. The molecule has 0 saturated heterocycles. The molecule has 0 radical (unpaired) electrons. The summed E-state index contributed by atoms with van der Waals surface area (Å²) in [6.07, 6.45) is -3.74. The van der Waals surface area contributed by atoms with Crippen LogP contribution < -0.4 is 4.72 Å². The third-order valence-corrected chi connectivity index (χ3v) is 3.65. The minimum Gasteiger partial charge on any atom is -0.395 e. The van der Waals surface area contributed by atoms with Crippen LogP contribution in [0.5, 0.6) is 0 Å². The van der Waals surface area contributed by atoms with Crippen molar-refractivity contribution >= 4 is 10.0 Å². The fourth-order valence-electron chi connectivity index (χ4n) is 1.35. The lowest BCUT2D eigenvalue weighted by atomic mass is 10.2. The molecule has 0 heterocycles. The number of sulfonamides is 1. The SMILES string of the molecule is O=S(=O)(NC(CO)CC(F)F)c1cc(F)cc(F)c1. The first-order chi connectivity index (χ1) is 8.74. The molecule has 1 aromatic rings. The number of aliphatic hydroxyl groups is 1. The predicted molar refractivity (Wildman–Crippen MR) is 58.2 cm³/mol. The minimum absolute atomic E-state index is 0.474. The van der Waals surface area contributed by atoms with E-state index in [1.807, 2.05) is 0 Å². The van der Waals surface area contributed by atoms with Crippen LogP contribution in [0.2, 0.25) is 0 Å². The summed E-state index contributed by atoms with van der Waals surface area (Å²) in [7, 11) is -4.39. The number of rotatable bonds is 6. The second-order valence-corrected chi connectivity index (χ2v) is 5.45. The van der Waals surface area contributed by atoms with Gasteiger partial charge in [-0.3, -0.25) is 0 Å². The van der Waals surface area contributed by atoms with Crippen LogP contribution in [-0.2, 0) is 10.0 Å². The zero-order valence-electron chi connectivity index (χ0n) is 9.48. The van der Waals surface area contributed by atoms with Gasteiger partial charge >= 0.3 is 0 Å². The van der Waals surface area contributed by atoms with Gasteiger partial charge in [0.25, 0.3) is 0 Å². The molecule has 1 unspecified atom stereocenters. The number of nitrogens with one attached hydrogen (secondary N) is 1. The second-order valence-electron chi connectivity index (χ2n) is 3.73. The lowest BCUT2D eigenvalue weighted by Crippen LogP contribution is -2.38. The Morgan fingerprint density at radius 2 is 1.68 bits per heavy atom. The molecular weight excluding hydrogens is 290 g/mol. The Morgan fingerprint density at radius 3 is 2.11 bits per heavy atom. The highest BCUT2D eigenvalue weighted by Crippen LogP contribution is 2.15. The molecule has 0 spiro atoms. The Hall–Kier alpha value is -1.19. The van der Waals surface area contributed by atoms with Crippen molar-refractivity contribution in [1.29, 1.82) is 0 Å². The Labute approximate surface area is 107 Å². The van der Waals surface area contributed by atoms with Crippen molar-refractivity contribution in [3.05, 3.63) is 29.8 Å². The molecule has 0 amide bonds. The Bertz CT molecular complexity index is 515. The molecular formula is C10H11F4NO3S. The van der Waals surface area contributed by atoms with Crippen molar-refractivity contribution in [2.24, 2.45) is 0 Å². The molecule has 2 N–H and O–H groups in total. The first kappa shape index (κ1) is 15.9. The van der Waals surface area contributed by atoms with Crippen molar-refractivity contribution in [2.75, 3.05) is 6.61 Å². The molecule has 0 aromatic heterocycles. The Morgan fingerprint density at radius 1 is 1.16 bits per heavy atom. The standard InChI is InChI=1S/C10H11F4NO3S/c11-6-1-7(12)3-9(2-6)19(17,18)15-8(5-16)4-10(13)14/h1-3,8,10,15-16H,4-5H2. The van der Waals surface area contributed by atoms with Gasteiger partial charge < -0.3 is 5.11 Å². The van der Waals surface area contributed by atoms with Crippen molar-refractivity contribution in [3.63, 3.8) is 0 Å². The summed E-state index contributed by atoms with van der Waals surface area (Å²) in [5.74, 6) is -2.23. The van der Waals surface area contributed by atoms with Crippen molar-refractivity contribution < 1.29 is 31.1 Å². The fourth-order valence-corrected chi connectivity index (χ4v) is 2.63. The molecule has 1 aromatic carbocycles. The average molecular weight is 301 g/mol. The molecule has 0 aliphatic heterocycles. The summed E-state index contributed by atoms with van der Waals surface area (Å²) in [6.45, 7) is -0.860. The van der Waals surface area contributed by atoms with E-state index in [1.54, 1.807) is 4.72 Å². The zero-order valence-corrected chi connectivity index (χ0v) is 10.3. The van der Waals surface area contributed by atoms with Crippen LogP contribution in [0.15, 0.2) is 23.1 Å². The molecule has 19 heavy (non-hydrogen) atoms. The van der Waals surface area contributed by atoms with Crippen LogP contribution in [0, 0.1) is 11.6 Å². The van der Waals surface area contributed by atoms with Gasteiger partial charge in [-0.15, -0.1) is 0 Å². The Balaban J connectivity index is 2.96. The molecule has 0 fully saturated rings. The van der Waals surface area contributed by atoms with E-state index in [4.69, 9.17) is 5.11 Å². The number of aliphatic hydroxyl groups excluding tert-OH is 1. The minimum atomic E-state index is -4.39. The van der Waals surface area contributed by atoms with E-state index in [-0.39, 0.29) is 0 Å². The van der Waals surface area contributed by atoms with E-state index in [0.717, 1.165) is 0 Å².